The Morgan fingerprint density at radius 1 is 1.42 bits per heavy atom. The van der Waals surface area contributed by atoms with E-state index in [-0.39, 0.29) is 30.4 Å². The van der Waals surface area contributed by atoms with Crippen LogP contribution in [0.1, 0.15) is 51.2 Å². The summed E-state index contributed by atoms with van der Waals surface area (Å²) >= 11 is 0. The third-order valence-electron chi connectivity index (χ3n) is 5.16. The van der Waals surface area contributed by atoms with E-state index < -0.39 is 5.54 Å². The van der Waals surface area contributed by atoms with Gasteiger partial charge in [-0.15, -0.1) is 0 Å². The van der Waals surface area contributed by atoms with Gasteiger partial charge in [0.15, 0.2) is 5.82 Å². The van der Waals surface area contributed by atoms with Crippen molar-refractivity contribution in [3.05, 3.63) is 11.7 Å². The third-order valence-corrected chi connectivity index (χ3v) is 5.16. The van der Waals surface area contributed by atoms with Crippen molar-refractivity contribution in [2.24, 2.45) is 5.92 Å². The van der Waals surface area contributed by atoms with Gasteiger partial charge >= 0.3 is 6.03 Å². The molecule has 8 heteroatoms. The van der Waals surface area contributed by atoms with E-state index >= 15 is 0 Å². The number of likely N-dealkylation sites (N-methyl/N-ethyl adjacent to an activating group) is 1. The van der Waals surface area contributed by atoms with Crippen molar-refractivity contribution in [1.82, 2.24) is 25.7 Å². The van der Waals surface area contributed by atoms with E-state index in [1.165, 1.54) is 4.90 Å². The number of aromatic nitrogens is 2. The molecule has 8 nitrogen and oxygen atoms in total. The highest BCUT2D eigenvalue weighted by Crippen LogP contribution is 2.36. The maximum Gasteiger partial charge on any atom is 0.325 e. The number of nitrogens with one attached hydrogen (secondary N) is 2. The first-order valence-electron chi connectivity index (χ1n) is 8.56. The predicted molar refractivity (Wildman–Crippen MR) is 86.0 cm³/mol. The summed E-state index contributed by atoms with van der Waals surface area (Å²) in [4.78, 5) is 30.5. The van der Waals surface area contributed by atoms with Gasteiger partial charge in [0.25, 0.3) is 5.91 Å². The first-order chi connectivity index (χ1) is 11.4. The zero-order chi connectivity index (χ0) is 17.3. The fourth-order valence-corrected chi connectivity index (χ4v) is 3.36. The number of carbonyl (C=O) groups excluding carboxylic acids is 2. The van der Waals surface area contributed by atoms with Crippen molar-refractivity contribution in [2.45, 2.75) is 64.1 Å². The molecule has 1 unspecified atom stereocenters. The molecule has 2 heterocycles. The molecule has 1 saturated carbocycles. The molecule has 1 aliphatic carbocycles. The lowest BCUT2D eigenvalue weighted by molar-refractivity contribution is -0.133. The molecule has 3 rings (SSSR count). The molecule has 1 aromatic heterocycles. The molecule has 0 bridgehead atoms. The first-order valence-corrected chi connectivity index (χ1v) is 8.56. The van der Waals surface area contributed by atoms with E-state index in [0.29, 0.717) is 31.0 Å². The van der Waals surface area contributed by atoms with E-state index in [9.17, 15) is 9.59 Å². The number of nitrogens with zero attached hydrogens (tertiary/aromatic N) is 3. The fourth-order valence-electron chi connectivity index (χ4n) is 3.36. The summed E-state index contributed by atoms with van der Waals surface area (Å²) in [5.74, 6) is 1.29. The van der Waals surface area contributed by atoms with Gasteiger partial charge in [0, 0.05) is 12.5 Å². The molecule has 132 valence electrons. The Kier molecular flexibility index (Phi) is 4.58. The predicted octanol–water partition coefficient (Wildman–Crippen LogP) is 1.22. The summed E-state index contributed by atoms with van der Waals surface area (Å²) in [6.07, 6.45) is 3.93. The van der Waals surface area contributed by atoms with Crippen molar-refractivity contribution in [1.29, 1.82) is 0 Å². The van der Waals surface area contributed by atoms with Gasteiger partial charge < -0.3 is 15.2 Å². The van der Waals surface area contributed by atoms with Gasteiger partial charge in [-0.25, -0.2) is 4.79 Å². The summed E-state index contributed by atoms with van der Waals surface area (Å²) in [7, 11) is 1.86. The molecule has 2 aliphatic rings. The summed E-state index contributed by atoms with van der Waals surface area (Å²) < 4.78 is 5.20. The maximum absolute atomic E-state index is 12.8. The number of hydrogen-bond donors (Lipinski definition) is 2. The van der Waals surface area contributed by atoms with Gasteiger partial charge in [-0.2, -0.15) is 4.98 Å². The Bertz CT molecular complexity index is 621. The molecular formula is C16H25N5O3. The monoisotopic (exact) mass is 335 g/mol. The molecule has 2 fully saturated rings. The summed E-state index contributed by atoms with van der Waals surface area (Å²) in [6, 6.07) is -0.141. The Morgan fingerprint density at radius 2 is 2.12 bits per heavy atom. The lowest BCUT2D eigenvalue weighted by atomic mass is 9.77. The van der Waals surface area contributed by atoms with Crippen LogP contribution in [0.2, 0.25) is 0 Å². The van der Waals surface area contributed by atoms with E-state index in [1.54, 1.807) is 0 Å². The highest BCUT2D eigenvalue weighted by molar-refractivity contribution is 6.06. The van der Waals surface area contributed by atoms with Gasteiger partial charge in [-0.1, -0.05) is 12.1 Å². The number of urea groups is 1. The minimum atomic E-state index is -0.729. The number of hydrogen-bond acceptors (Lipinski definition) is 6. The number of rotatable bonds is 5. The number of carbonyl (C=O) groups is 2. The SMILES string of the molecule is CNC(C)Cc1noc(CN2C(=O)NC3(CCC(C)CC3)C2=O)n1. The fraction of sp³-hybridized carbons (Fsp3) is 0.750. The molecular weight excluding hydrogens is 310 g/mol. The van der Waals surface area contributed by atoms with Crippen molar-refractivity contribution >= 4 is 11.9 Å². The molecule has 3 amide bonds. The molecule has 2 N–H and O–H groups in total. The van der Waals surface area contributed by atoms with Crippen molar-refractivity contribution in [3.8, 4) is 0 Å². The van der Waals surface area contributed by atoms with Gasteiger partial charge in [0.2, 0.25) is 5.89 Å². The van der Waals surface area contributed by atoms with E-state index in [4.69, 9.17) is 4.52 Å². The van der Waals surface area contributed by atoms with Crippen LogP contribution in [0.3, 0.4) is 0 Å². The van der Waals surface area contributed by atoms with E-state index in [2.05, 4.69) is 27.7 Å². The molecule has 1 aromatic rings. The van der Waals surface area contributed by atoms with E-state index in [0.717, 1.165) is 12.8 Å². The van der Waals surface area contributed by atoms with Gasteiger partial charge in [-0.05, 0) is 45.6 Å². The average molecular weight is 335 g/mol. The van der Waals surface area contributed by atoms with Crippen LogP contribution in [0, 0.1) is 5.92 Å². The second-order valence-corrected chi connectivity index (χ2v) is 7.08. The largest absolute Gasteiger partial charge is 0.337 e. The zero-order valence-electron chi connectivity index (χ0n) is 14.5. The molecule has 0 aromatic carbocycles. The van der Waals surface area contributed by atoms with Crippen LogP contribution in [0.25, 0.3) is 0 Å². The van der Waals surface area contributed by atoms with Crippen LogP contribution in [0.4, 0.5) is 4.79 Å². The van der Waals surface area contributed by atoms with Crippen LogP contribution >= 0.6 is 0 Å². The molecule has 1 atom stereocenters. The van der Waals surface area contributed by atoms with Gasteiger partial charge in [0.05, 0.1) is 0 Å². The Labute approximate surface area is 141 Å². The smallest absolute Gasteiger partial charge is 0.325 e. The first kappa shape index (κ1) is 16.9. The van der Waals surface area contributed by atoms with Gasteiger partial charge in [0.1, 0.15) is 12.1 Å². The van der Waals surface area contributed by atoms with E-state index in [1.807, 2.05) is 14.0 Å². The summed E-state index contributed by atoms with van der Waals surface area (Å²) in [5, 5.41) is 9.91. The number of imide groups is 1. The van der Waals surface area contributed by atoms with Crippen LogP contribution in [0.15, 0.2) is 4.52 Å². The minimum absolute atomic E-state index is 0.0307. The summed E-state index contributed by atoms with van der Waals surface area (Å²) in [5.41, 5.74) is -0.729. The molecule has 0 radical (unpaired) electrons. The van der Waals surface area contributed by atoms with Crippen LogP contribution in [0.5, 0.6) is 0 Å². The molecule has 1 aliphatic heterocycles. The quantitative estimate of drug-likeness (QED) is 0.785. The molecule has 1 saturated heterocycles. The molecule has 24 heavy (non-hydrogen) atoms. The maximum atomic E-state index is 12.8. The highest BCUT2D eigenvalue weighted by Gasteiger charge is 2.52. The lowest BCUT2D eigenvalue weighted by Crippen LogP contribution is -2.49. The average Bonchev–Trinajstić information content (AvgIpc) is 3.09. The standard InChI is InChI=1S/C16H25N5O3/c1-10-4-6-16(7-5-10)14(22)21(15(23)19-16)9-13-18-12(20-24-13)8-11(2)17-3/h10-11,17H,4-9H2,1-3H3,(H,19,23). The Balaban J connectivity index is 1.67. The Morgan fingerprint density at radius 3 is 2.79 bits per heavy atom. The topological polar surface area (TPSA) is 100 Å². The van der Waals surface area contributed by atoms with Crippen molar-refractivity contribution in [2.75, 3.05) is 7.05 Å². The zero-order valence-corrected chi connectivity index (χ0v) is 14.5. The van der Waals surface area contributed by atoms with Crippen LogP contribution in [-0.2, 0) is 17.8 Å². The van der Waals surface area contributed by atoms with Crippen molar-refractivity contribution in [3.63, 3.8) is 0 Å². The normalized spacial score (nSPS) is 28.5. The number of amides is 3. The van der Waals surface area contributed by atoms with Crippen LogP contribution in [-0.4, -0.2) is 45.6 Å². The van der Waals surface area contributed by atoms with Crippen LogP contribution < -0.4 is 10.6 Å². The van der Waals surface area contributed by atoms with Crippen molar-refractivity contribution < 1.29 is 14.1 Å². The second kappa shape index (κ2) is 6.51. The third kappa shape index (κ3) is 3.15. The second-order valence-electron chi connectivity index (χ2n) is 7.08. The van der Waals surface area contributed by atoms with Gasteiger partial charge in [-0.3, -0.25) is 9.69 Å². The Hall–Kier alpha value is -1.96. The highest BCUT2D eigenvalue weighted by atomic mass is 16.5. The minimum Gasteiger partial charge on any atom is -0.337 e. The molecule has 1 spiro atoms. The summed E-state index contributed by atoms with van der Waals surface area (Å²) in [6.45, 7) is 4.22. The lowest BCUT2D eigenvalue weighted by Gasteiger charge is -2.33.